The maximum absolute atomic E-state index is 10.1. The number of nitrogens with two attached hydrogens (primary N) is 1. The molecule has 0 aromatic heterocycles. The molecule has 0 radical (unpaired) electrons. The number of thioether (sulfide) groups is 1. The number of hydrogen-bond donors (Lipinski definition) is 2. The lowest BCUT2D eigenvalue weighted by atomic mass is 10.2. The molecular weight excluding hydrogens is 182 g/mol. The molecule has 0 aromatic rings. The van der Waals surface area contributed by atoms with Crippen LogP contribution in [0, 0.1) is 0 Å². The van der Waals surface area contributed by atoms with Gasteiger partial charge in [0.2, 0.25) is 0 Å². The minimum absolute atomic E-state index is 0.552. The molecule has 0 aliphatic rings. The molecule has 0 spiro atoms. The summed E-state index contributed by atoms with van der Waals surface area (Å²) in [5.74, 6) is -0.1000. The molecule has 0 bridgehead atoms. The highest BCUT2D eigenvalue weighted by Gasteiger charge is 2.08. The molecule has 1 atom stereocenters. The summed E-state index contributed by atoms with van der Waals surface area (Å²) in [6, 6.07) is -0.683. The van der Waals surface area contributed by atoms with E-state index in [0.717, 1.165) is 5.75 Å². The fraction of sp³-hybridized carbons (Fsp3) is 0.833. The van der Waals surface area contributed by atoms with Crippen LogP contribution in [0.4, 0.5) is 0 Å². The average molecular weight is 198 g/mol. The molecule has 0 saturated heterocycles. The summed E-state index contributed by atoms with van der Waals surface area (Å²) >= 11 is 4.58. The van der Waals surface area contributed by atoms with E-state index in [9.17, 15) is 4.79 Å². The second kappa shape index (κ2) is 10.1. The van der Waals surface area contributed by atoms with E-state index in [1.165, 1.54) is 0 Å². The first-order valence-corrected chi connectivity index (χ1v) is 5.55. The van der Waals surface area contributed by atoms with Gasteiger partial charge in [-0.1, -0.05) is 0 Å². The van der Waals surface area contributed by atoms with Crippen molar-refractivity contribution in [2.45, 2.75) is 12.5 Å². The SMILES string of the molecule is CSCCC(N)C(=O)O.C[SH2+]. The number of carboxylic acids is 1. The zero-order chi connectivity index (χ0) is 9.28. The van der Waals surface area contributed by atoms with Crippen molar-refractivity contribution in [2.75, 3.05) is 18.3 Å². The molecule has 0 fully saturated rings. The summed E-state index contributed by atoms with van der Waals surface area (Å²) in [7, 11) is 0. The van der Waals surface area contributed by atoms with Crippen LogP contribution in [0.1, 0.15) is 6.42 Å². The lowest BCUT2D eigenvalue weighted by Gasteiger charge is -2.02. The van der Waals surface area contributed by atoms with Gasteiger partial charge < -0.3 is 10.8 Å². The Hall–Kier alpha value is 0.130. The molecule has 0 saturated carbocycles. The predicted octanol–water partition coefficient (Wildman–Crippen LogP) is -0.221. The number of carboxylic acid groups (broad SMARTS) is 1. The highest BCUT2D eigenvalue weighted by Crippen LogP contribution is 1.97. The van der Waals surface area contributed by atoms with Gasteiger partial charge in [0.25, 0.3) is 0 Å². The van der Waals surface area contributed by atoms with Crippen LogP contribution >= 0.6 is 11.8 Å². The minimum atomic E-state index is -0.913. The Bertz CT molecular complexity index is 101. The zero-order valence-corrected chi connectivity index (χ0v) is 8.65. The zero-order valence-electron chi connectivity index (χ0n) is 6.83. The van der Waals surface area contributed by atoms with Crippen LogP contribution in [0.25, 0.3) is 0 Å². The Morgan fingerprint density at radius 2 is 2.18 bits per heavy atom. The van der Waals surface area contributed by atoms with Crippen molar-refractivity contribution in [3.05, 3.63) is 0 Å². The average Bonchev–Trinajstić information content (AvgIpc) is 2.03. The third kappa shape index (κ3) is 10.1. The lowest BCUT2D eigenvalue weighted by Crippen LogP contribution is -2.30. The number of rotatable bonds is 4. The standard InChI is InChI=1S/C5H11NO2S.CH4S/c1-9-3-2-4(6)5(7)8;1-2/h4H,2-3,6H2,1H3,(H,7,8);2H,1H3/p+1. The van der Waals surface area contributed by atoms with Gasteiger partial charge in [-0.2, -0.15) is 11.8 Å². The van der Waals surface area contributed by atoms with Crippen molar-refractivity contribution in [1.29, 1.82) is 0 Å². The fourth-order valence-electron chi connectivity index (χ4n) is 0.368. The Labute approximate surface area is 77.1 Å². The fourth-order valence-corrected chi connectivity index (χ4v) is 0.858. The molecule has 0 amide bonds. The third-order valence-corrected chi connectivity index (χ3v) is 1.59. The van der Waals surface area contributed by atoms with Gasteiger partial charge in [-0.05, 0) is 31.1 Å². The van der Waals surface area contributed by atoms with Crippen molar-refractivity contribution in [2.24, 2.45) is 5.73 Å². The summed E-state index contributed by atoms with van der Waals surface area (Å²) in [4.78, 5) is 10.1. The second-order valence-corrected chi connectivity index (χ2v) is 2.71. The van der Waals surface area contributed by atoms with Crippen molar-refractivity contribution >= 4 is 30.4 Å². The van der Waals surface area contributed by atoms with Gasteiger partial charge in [0.1, 0.15) is 6.04 Å². The van der Waals surface area contributed by atoms with Gasteiger partial charge in [0.15, 0.2) is 0 Å². The molecule has 0 aliphatic heterocycles. The van der Waals surface area contributed by atoms with Crippen LogP contribution in [0.3, 0.4) is 0 Å². The van der Waals surface area contributed by atoms with Crippen molar-refractivity contribution in [3.8, 4) is 0 Å². The normalized spacial score (nSPS) is 11.3. The summed E-state index contributed by atoms with van der Waals surface area (Å²) < 4.78 is 0. The van der Waals surface area contributed by atoms with Crippen LogP contribution in [-0.4, -0.2) is 35.4 Å². The first kappa shape index (κ1) is 13.7. The maximum Gasteiger partial charge on any atom is 0.320 e. The minimum Gasteiger partial charge on any atom is -0.480 e. The first-order valence-electron chi connectivity index (χ1n) is 3.15. The molecule has 11 heavy (non-hydrogen) atoms. The highest BCUT2D eigenvalue weighted by molar-refractivity contribution is 7.98. The molecule has 1 unspecified atom stereocenters. The Balaban J connectivity index is 0. The first-order chi connectivity index (χ1) is 5.18. The van der Waals surface area contributed by atoms with E-state index >= 15 is 0 Å². The van der Waals surface area contributed by atoms with E-state index in [-0.39, 0.29) is 0 Å². The van der Waals surface area contributed by atoms with E-state index in [1.807, 2.05) is 6.26 Å². The molecule has 68 valence electrons. The van der Waals surface area contributed by atoms with Crippen LogP contribution < -0.4 is 5.73 Å². The number of carbonyl (C=O) groups is 1. The molecule has 0 aliphatic carbocycles. The quantitative estimate of drug-likeness (QED) is 0.613. The summed E-state index contributed by atoms with van der Waals surface area (Å²) in [5.41, 5.74) is 5.19. The van der Waals surface area contributed by atoms with E-state index in [4.69, 9.17) is 10.8 Å². The smallest absolute Gasteiger partial charge is 0.320 e. The summed E-state index contributed by atoms with van der Waals surface area (Å²) in [6.45, 7) is 0. The van der Waals surface area contributed by atoms with Crippen LogP contribution in [0.5, 0.6) is 0 Å². The summed E-state index contributed by atoms with van der Waals surface area (Å²) in [6.07, 6.45) is 4.28. The second-order valence-electron chi connectivity index (χ2n) is 1.73. The molecule has 0 aromatic carbocycles. The number of hydrogen-bond acceptors (Lipinski definition) is 3. The molecular formula is C6H16NO2S2+. The lowest BCUT2D eigenvalue weighted by molar-refractivity contribution is -0.138. The van der Waals surface area contributed by atoms with Crippen molar-refractivity contribution < 1.29 is 9.90 Å². The van der Waals surface area contributed by atoms with Gasteiger partial charge in [0, 0.05) is 0 Å². The Morgan fingerprint density at radius 3 is 2.45 bits per heavy atom. The van der Waals surface area contributed by atoms with E-state index in [0.29, 0.717) is 6.42 Å². The van der Waals surface area contributed by atoms with Crippen molar-refractivity contribution in [3.63, 3.8) is 0 Å². The molecule has 0 heterocycles. The predicted molar refractivity (Wildman–Crippen MR) is 54.7 cm³/mol. The molecule has 5 heteroatoms. The van der Waals surface area contributed by atoms with Crippen LogP contribution in [0.15, 0.2) is 0 Å². The summed E-state index contributed by atoms with van der Waals surface area (Å²) in [5, 5.41) is 8.27. The van der Waals surface area contributed by atoms with Crippen LogP contribution in [0.2, 0.25) is 0 Å². The highest BCUT2D eigenvalue weighted by atomic mass is 32.2. The molecule has 3 N–H and O–H groups in total. The van der Waals surface area contributed by atoms with Crippen LogP contribution in [-0.2, 0) is 17.4 Å². The van der Waals surface area contributed by atoms with E-state index < -0.39 is 12.0 Å². The largest absolute Gasteiger partial charge is 0.480 e. The maximum atomic E-state index is 10.1. The molecule has 3 nitrogen and oxygen atoms in total. The Kier molecular flexibility index (Phi) is 12.6. The molecule has 0 rings (SSSR count). The number of aliphatic carboxylic acids is 1. The van der Waals surface area contributed by atoms with Gasteiger partial charge in [-0.3, -0.25) is 4.79 Å². The van der Waals surface area contributed by atoms with E-state index in [2.05, 4.69) is 12.6 Å². The van der Waals surface area contributed by atoms with Gasteiger partial charge in [-0.15, -0.1) is 0 Å². The van der Waals surface area contributed by atoms with Gasteiger partial charge in [-0.25, -0.2) is 0 Å². The van der Waals surface area contributed by atoms with E-state index in [1.54, 1.807) is 18.0 Å². The van der Waals surface area contributed by atoms with Gasteiger partial charge >= 0.3 is 5.97 Å². The Morgan fingerprint density at radius 1 is 1.73 bits per heavy atom. The monoisotopic (exact) mass is 198 g/mol. The van der Waals surface area contributed by atoms with Gasteiger partial charge in [0.05, 0.1) is 6.26 Å². The topological polar surface area (TPSA) is 63.3 Å². The third-order valence-electron chi connectivity index (χ3n) is 0.950. The van der Waals surface area contributed by atoms with Crippen molar-refractivity contribution in [1.82, 2.24) is 0 Å².